The molecule has 0 saturated carbocycles. The molecule has 408 valence electrons. The van der Waals surface area contributed by atoms with Crippen molar-refractivity contribution < 1.29 is 60.2 Å². The molecule has 0 aliphatic rings. The molecule has 6 rings (SSSR count). The number of hydrogen-bond acceptors (Lipinski definition) is 15. The van der Waals surface area contributed by atoms with Gasteiger partial charge in [-0.15, -0.1) is 0 Å². The molecule has 0 fully saturated rings. The fraction of sp³-hybridized carbons (Fsp3) is 0.518. The van der Waals surface area contributed by atoms with Crippen molar-refractivity contribution in [2.45, 2.75) is 164 Å². The van der Waals surface area contributed by atoms with Crippen LogP contribution in [0.5, 0.6) is 0 Å². The molecule has 15 nitrogen and oxygen atoms in total. The van der Waals surface area contributed by atoms with Crippen molar-refractivity contribution in [3.8, 4) is 22.8 Å². The fourth-order valence-electron chi connectivity index (χ4n) is 7.39. The monoisotopic (exact) mass is 1270 g/mol. The highest BCUT2D eigenvalue weighted by Crippen LogP contribution is 2.46. The van der Waals surface area contributed by atoms with Gasteiger partial charge in [0, 0.05) is 48.0 Å². The van der Waals surface area contributed by atoms with Crippen molar-refractivity contribution in [2.75, 3.05) is 13.2 Å². The van der Waals surface area contributed by atoms with Crippen LogP contribution in [0.25, 0.3) is 22.8 Å². The standard InChI is InChI=1S/C28H35F2IN2O5.C28H35IN2O6/c1-26(2,3)28(29,30)21-16-20(32-37-21)24-23(31)25(38-33-24)19(15-22(34)36-27(4,5)6)13-10-14-35-17-18-11-8-7-9-12-18;1-27(2,3)26(33)21-16-20(30-36-21)24-23(29)25(37-31-24)19(15-22(32)35-28(4,5)6)13-10-14-34-17-18-11-8-7-9-12-18/h7-9,11-12,16,19H,10,13-15,17H2,1-6H3;7-9,11-12,16,19H,10,13-15,17H2,1-6H3/t2*19-/m00/s1. The van der Waals surface area contributed by atoms with Crippen LogP contribution in [0.1, 0.15) is 172 Å². The lowest BCUT2D eigenvalue weighted by molar-refractivity contribution is -0.156. The molecule has 0 N–H and O–H groups in total. The minimum Gasteiger partial charge on any atom is -0.460 e. The number of nitrogens with zero attached hydrogens (tertiary/aromatic N) is 4. The maximum absolute atomic E-state index is 14.8. The molecule has 0 radical (unpaired) electrons. The summed E-state index contributed by atoms with van der Waals surface area (Å²) in [4.78, 5) is 37.9. The van der Waals surface area contributed by atoms with Gasteiger partial charge in [-0.25, -0.2) is 0 Å². The highest BCUT2D eigenvalue weighted by atomic mass is 127. The Kier molecular flexibility index (Phi) is 21.5. The van der Waals surface area contributed by atoms with E-state index in [0.717, 1.165) is 21.1 Å². The zero-order valence-electron chi connectivity index (χ0n) is 44.9. The van der Waals surface area contributed by atoms with Crippen molar-refractivity contribution in [3.05, 3.63) is 114 Å². The lowest BCUT2D eigenvalue weighted by atomic mass is 9.86. The zero-order valence-corrected chi connectivity index (χ0v) is 49.3. The Morgan fingerprint density at radius 3 is 1.39 bits per heavy atom. The summed E-state index contributed by atoms with van der Waals surface area (Å²) in [6.45, 7) is 22.8. The molecule has 0 aliphatic carbocycles. The van der Waals surface area contributed by atoms with Crippen molar-refractivity contribution in [1.82, 2.24) is 20.6 Å². The predicted octanol–water partition coefficient (Wildman–Crippen LogP) is 14.9. The number of esters is 2. The molecule has 0 spiro atoms. The van der Waals surface area contributed by atoms with Gasteiger partial charge in [-0.1, -0.05) is 123 Å². The molecular weight excluding hydrogens is 1200 g/mol. The number of benzene rings is 2. The number of rotatable bonds is 22. The Morgan fingerprint density at radius 2 is 0.987 bits per heavy atom. The molecule has 0 unspecified atom stereocenters. The predicted molar refractivity (Wildman–Crippen MR) is 294 cm³/mol. The van der Waals surface area contributed by atoms with E-state index in [-0.39, 0.29) is 59.5 Å². The highest BCUT2D eigenvalue weighted by molar-refractivity contribution is 14.1. The molecular formula is C56H70F2I2N4O11. The van der Waals surface area contributed by atoms with Gasteiger partial charge < -0.3 is 37.0 Å². The van der Waals surface area contributed by atoms with Gasteiger partial charge >= 0.3 is 17.9 Å². The molecule has 4 aromatic heterocycles. The number of hydrogen-bond donors (Lipinski definition) is 0. The maximum Gasteiger partial charge on any atom is 0.312 e. The third-order valence-electron chi connectivity index (χ3n) is 11.3. The SMILES string of the molecule is CC(C)(C)OC(=O)C[C@H](CCCOCc1ccccc1)c1onc(-c2cc(C(=O)C(C)(C)C)on2)c1I.CC(C)(C)OC(=O)C[C@H](CCCOCc1ccccc1)c1onc(-c2cc(C(F)(F)C(C)(C)C)on2)c1I. The Morgan fingerprint density at radius 1 is 0.573 bits per heavy atom. The lowest BCUT2D eigenvalue weighted by Crippen LogP contribution is -2.30. The van der Waals surface area contributed by atoms with Crippen molar-refractivity contribution in [3.63, 3.8) is 0 Å². The second-order valence-corrected chi connectivity index (χ2v) is 24.5. The van der Waals surface area contributed by atoms with Gasteiger partial charge in [0.25, 0.3) is 0 Å². The first-order valence-electron chi connectivity index (χ1n) is 24.9. The molecule has 4 heterocycles. The molecule has 19 heteroatoms. The molecule has 6 aromatic rings. The summed E-state index contributed by atoms with van der Waals surface area (Å²) in [6, 6.07) is 22.6. The first-order chi connectivity index (χ1) is 35.0. The number of ketones is 1. The number of carbonyl (C=O) groups is 3. The molecule has 2 aromatic carbocycles. The summed E-state index contributed by atoms with van der Waals surface area (Å²) in [7, 11) is 0. The number of carbonyl (C=O) groups excluding carboxylic acids is 3. The normalized spacial score (nSPS) is 13.2. The summed E-state index contributed by atoms with van der Waals surface area (Å²) >= 11 is 4.19. The second kappa shape index (κ2) is 26.5. The largest absolute Gasteiger partial charge is 0.460 e. The summed E-state index contributed by atoms with van der Waals surface area (Å²) in [5.41, 5.74) is 0.339. The van der Waals surface area contributed by atoms with Gasteiger partial charge in [0.1, 0.15) is 34.0 Å². The molecule has 0 aliphatic heterocycles. The van der Waals surface area contributed by atoms with Crippen LogP contribution < -0.4 is 0 Å². The van der Waals surface area contributed by atoms with Crippen LogP contribution in [-0.2, 0) is 47.7 Å². The minimum atomic E-state index is -3.23. The van der Waals surface area contributed by atoms with E-state index in [4.69, 9.17) is 37.0 Å². The van der Waals surface area contributed by atoms with E-state index >= 15 is 0 Å². The topological polar surface area (TPSA) is 192 Å². The van der Waals surface area contributed by atoms with E-state index in [1.807, 2.05) is 146 Å². The van der Waals surface area contributed by atoms with E-state index < -0.39 is 33.7 Å². The zero-order chi connectivity index (χ0) is 55.4. The Hall–Kier alpha value is -4.87. The first-order valence-corrected chi connectivity index (χ1v) is 27.0. The van der Waals surface area contributed by atoms with Crippen LogP contribution in [-0.4, -0.2) is 62.8 Å². The van der Waals surface area contributed by atoms with Crippen LogP contribution in [0.2, 0.25) is 0 Å². The van der Waals surface area contributed by atoms with Crippen LogP contribution in [0.15, 0.2) is 90.9 Å². The van der Waals surface area contributed by atoms with E-state index in [9.17, 15) is 23.2 Å². The van der Waals surface area contributed by atoms with E-state index in [1.165, 1.54) is 26.8 Å². The highest BCUT2D eigenvalue weighted by Gasteiger charge is 2.48. The number of ether oxygens (including phenoxy) is 4. The fourth-order valence-corrected chi connectivity index (χ4v) is 9.22. The van der Waals surface area contributed by atoms with Gasteiger partial charge in [-0.05, 0) is 124 Å². The van der Waals surface area contributed by atoms with E-state index in [0.29, 0.717) is 72.2 Å². The van der Waals surface area contributed by atoms with Crippen LogP contribution >= 0.6 is 45.2 Å². The molecule has 75 heavy (non-hydrogen) atoms. The second-order valence-electron chi connectivity index (χ2n) is 22.3. The van der Waals surface area contributed by atoms with Crippen LogP contribution in [0, 0.1) is 18.0 Å². The summed E-state index contributed by atoms with van der Waals surface area (Å²) in [6.07, 6.45) is 2.83. The Labute approximate surface area is 465 Å². The minimum absolute atomic E-state index is 0.0761. The average Bonchev–Trinajstić information content (AvgIpc) is 4.14. The quantitative estimate of drug-likeness (QED) is 0.0270. The summed E-state index contributed by atoms with van der Waals surface area (Å²) in [5, 5.41) is 16.2. The molecule has 0 bridgehead atoms. The van der Waals surface area contributed by atoms with Gasteiger partial charge in [0.15, 0.2) is 11.5 Å². The van der Waals surface area contributed by atoms with E-state index in [1.54, 1.807) is 6.07 Å². The van der Waals surface area contributed by atoms with Crippen LogP contribution in [0.3, 0.4) is 0 Å². The van der Waals surface area contributed by atoms with Gasteiger partial charge in [-0.2, -0.15) is 8.78 Å². The van der Waals surface area contributed by atoms with Gasteiger partial charge in [0.2, 0.25) is 17.3 Å². The van der Waals surface area contributed by atoms with Gasteiger partial charge in [0.05, 0.1) is 33.2 Å². The number of alkyl halides is 2. The maximum atomic E-state index is 14.8. The number of halogens is 4. The Balaban J connectivity index is 0.000000277. The average molecular weight is 1270 g/mol. The van der Waals surface area contributed by atoms with E-state index in [2.05, 4.69) is 43.2 Å². The van der Waals surface area contributed by atoms with Gasteiger partial charge in [-0.3, -0.25) is 14.4 Å². The smallest absolute Gasteiger partial charge is 0.312 e. The summed E-state index contributed by atoms with van der Waals surface area (Å²) in [5.74, 6) is -3.97. The van der Waals surface area contributed by atoms with Crippen molar-refractivity contribution in [1.29, 1.82) is 0 Å². The Bertz CT molecular complexity index is 2760. The third-order valence-corrected chi connectivity index (χ3v) is 13.4. The lowest BCUT2D eigenvalue weighted by Gasteiger charge is -2.27. The molecule has 2 atom stereocenters. The molecule has 0 saturated heterocycles. The van der Waals surface area contributed by atoms with Crippen molar-refractivity contribution in [2.24, 2.45) is 10.8 Å². The first kappa shape index (κ1) is 61.0. The summed E-state index contributed by atoms with van der Waals surface area (Å²) < 4.78 is 75.3. The third kappa shape index (κ3) is 18.4. The molecule has 0 amide bonds. The van der Waals surface area contributed by atoms with Crippen molar-refractivity contribution >= 4 is 62.9 Å². The number of Topliss-reactive ketones (excluding diaryl/α,β-unsaturated/α-hetero) is 1. The van der Waals surface area contributed by atoms with Crippen LogP contribution in [0.4, 0.5) is 8.78 Å². The number of aromatic nitrogens is 4.